The van der Waals surface area contributed by atoms with Gasteiger partial charge in [0.2, 0.25) is 11.8 Å². The number of benzene rings is 4. The first-order valence-electron chi connectivity index (χ1n) is 23.2. The molecule has 1 aliphatic carbocycles. The SMILES string of the molecule is C=C1CCN(C(=O)[C@@H](c2ccccc2)N(CC)CC)[C@@H]1c1ncc(-c2ccc(-c3ccc4c(c3)CCc3[nH]c([C@@H]5CCCN5C(=O)[C@@H](c5ccccc5)N(CC)CC)nc3-4)cc2F)[nH]1. The molecule has 2 aromatic heterocycles. The molecule has 64 heavy (non-hydrogen) atoms. The van der Waals surface area contributed by atoms with E-state index in [-0.39, 0.29) is 29.7 Å². The molecule has 0 radical (unpaired) electrons. The molecule has 3 aliphatic rings. The summed E-state index contributed by atoms with van der Waals surface area (Å²) in [5.41, 5.74) is 9.83. The summed E-state index contributed by atoms with van der Waals surface area (Å²) in [4.78, 5) is 54.1. The minimum Gasteiger partial charge on any atom is -0.344 e. The van der Waals surface area contributed by atoms with Gasteiger partial charge in [-0.3, -0.25) is 19.4 Å². The van der Waals surface area contributed by atoms with Crippen molar-refractivity contribution in [2.45, 2.75) is 84.0 Å². The second-order valence-corrected chi connectivity index (χ2v) is 17.3. The van der Waals surface area contributed by atoms with Crippen LogP contribution in [0.1, 0.15) is 105 Å². The average molecular weight is 859 g/mol. The van der Waals surface area contributed by atoms with Crippen LogP contribution in [0.15, 0.2) is 115 Å². The summed E-state index contributed by atoms with van der Waals surface area (Å²) >= 11 is 0. The molecule has 9 rings (SSSR count). The molecule has 0 saturated carbocycles. The number of amides is 2. The minimum absolute atomic E-state index is 0.0107. The van der Waals surface area contributed by atoms with Gasteiger partial charge in [0.25, 0.3) is 0 Å². The van der Waals surface area contributed by atoms with Gasteiger partial charge in [-0.2, -0.15) is 0 Å². The molecule has 11 heteroatoms. The maximum absolute atomic E-state index is 16.2. The van der Waals surface area contributed by atoms with Gasteiger partial charge in [0, 0.05) is 29.9 Å². The van der Waals surface area contributed by atoms with E-state index in [9.17, 15) is 9.59 Å². The van der Waals surface area contributed by atoms with E-state index < -0.39 is 12.1 Å². The Hall–Kier alpha value is -6.17. The molecule has 4 aromatic carbocycles. The third kappa shape index (κ3) is 8.00. The van der Waals surface area contributed by atoms with E-state index in [1.165, 1.54) is 5.56 Å². The van der Waals surface area contributed by atoms with Crippen LogP contribution in [-0.2, 0) is 22.4 Å². The molecule has 2 fully saturated rings. The van der Waals surface area contributed by atoms with Gasteiger partial charge in [-0.15, -0.1) is 0 Å². The number of aromatic amines is 2. The van der Waals surface area contributed by atoms with Crippen LogP contribution in [0.5, 0.6) is 0 Å². The van der Waals surface area contributed by atoms with Gasteiger partial charge in [-0.05, 0) is 104 Å². The number of imidazole rings is 2. The Morgan fingerprint density at radius 3 is 1.97 bits per heavy atom. The predicted octanol–water partition coefficient (Wildman–Crippen LogP) is 10.0. The highest BCUT2D eigenvalue weighted by Gasteiger charge is 2.41. The van der Waals surface area contributed by atoms with Crippen molar-refractivity contribution >= 4 is 11.8 Å². The molecule has 0 unspecified atom stereocenters. The van der Waals surface area contributed by atoms with Crippen LogP contribution in [-0.4, -0.2) is 90.6 Å². The fourth-order valence-electron chi connectivity index (χ4n) is 10.4. The molecule has 330 valence electrons. The smallest absolute Gasteiger partial charge is 0.245 e. The highest BCUT2D eigenvalue weighted by Crippen LogP contribution is 2.41. The van der Waals surface area contributed by atoms with Crippen molar-refractivity contribution in [2.24, 2.45) is 0 Å². The number of hydrogen-bond donors (Lipinski definition) is 2. The molecular formula is C53H59FN8O2. The molecule has 10 nitrogen and oxygen atoms in total. The monoisotopic (exact) mass is 858 g/mol. The van der Waals surface area contributed by atoms with E-state index in [2.05, 4.69) is 78.3 Å². The lowest BCUT2D eigenvalue weighted by Crippen LogP contribution is -2.43. The zero-order valence-corrected chi connectivity index (χ0v) is 37.5. The molecule has 0 spiro atoms. The van der Waals surface area contributed by atoms with Crippen molar-refractivity contribution in [2.75, 3.05) is 39.3 Å². The van der Waals surface area contributed by atoms with Gasteiger partial charge in [0.1, 0.15) is 35.6 Å². The van der Waals surface area contributed by atoms with Crippen LogP contribution in [0.2, 0.25) is 0 Å². The fraction of sp³-hybridized carbons (Fsp3) is 0.358. The molecule has 0 bridgehead atoms. The van der Waals surface area contributed by atoms with Gasteiger partial charge >= 0.3 is 0 Å². The molecule has 2 aliphatic heterocycles. The third-order valence-corrected chi connectivity index (χ3v) is 13.8. The first-order valence-corrected chi connectivity index (χ1v) is 23.2. The maximum Gasteiger partial charge on any atom is 0.245 e. The molecular weight excluding hydrogens is 800 g/mol. The Morgan fingerprint density at radius 2 is 1.34 bits per heavy atom. The lowest BCUT2D eigenvalue weighted by Gasteiger charge is -2.34. The maximum atomic E-state index is 16.2. The van der Waals surface area contributed by atoms with E-state index in [0.717, 1.165) is 102 Å². The summed E-state index contributed by atoms with van der Waals surface area (Å²) in [7, 11) is 0. The van der Waals surface area contributed by atoms with Crippen LogP contribution in [0, 0.1) is 5.82 Å². The Labute approximate surface area is 376 Å². The average Bonchev–Trinajstić information content (AvgIpc) is 4.17. The molecule has 2 N–H and O–H groups in total. The number of nitrogens with zero attached hydrogens (tertiary/aromatic N) is 6. The molecule has 2 saturated heterocycles. The Morgan fingerprint density at radius 1 is 0.734 bits per heavy atom. The largest absolute Gasteiger partial charge is 0.344 e. The van der Waals surface area contributed by atoms with E-state index in [4.69, 9.17) is 9.97 Å². The van der Waals surface area contributed by atoms with Crippen molar-refractivity contribution in [1.29, 1.82) is 0 Å². The Balaban J connectivity index is 0.929. The fourth-order valence-corrected chi connectivity index (χ4v) is 10.4. The lowest BCUT2D eigenvalue weighted by atomic mass is 9.89. The normalized spacial score (nSPS) is 18.1. The second kappa shape index (κ2) is 18.5. The highest BCUT2D eigenvalue weighted by molar-refractivity contribution is 5.85. The quantitative estimate of drug-likeness (QED) is 0.106. The number of hydrogen-bond acceptors (Lipinski definition) is 6. The zero-order valence-electron chi connectivity index (χ0n) is 37.5. The number of nitrogens with one attached hydrogen (secondary N) is 2. The number of fused-ring (bicyclic) bond motifs is 3. The number of likely N-dealkylation sites (tertiary alicyclic amines) is 2. The number of carbonyl (C=O) groups excluding carboxylic acids is 2. The molecule has 2 amide bonds. The van der Waals surface area contributed by atoms with Crippen LogP contribution in [0.4, 0.5) is 4.39 Å². The number of halogens is 1. The summed E-state index contributed by atoms with van der Waals surface area (Å²) in [5.74, 6) is 1.21. The van der Waals surface area contributed by atoms with Crippen LogP contribution in [0.25, 0.3) is 33.6 Å². The van der Waals surface area contributed by atoms with Crippen LogP contribution < -0.4 is 0 Å². The van der Waals surface area contributed by atoms with Crippen molar-refractivity contribution in [1.82, 2.24) is 39.5 Å². The first kappa shape index (κ1) is 43.1. The van der Waals surface area contributed by atoms with E-state index >= 15 is 4.39 Å². The predicted molar refractivity (Wildman–Crippen MR) is 251 cm³/mol. The number of rotatable bonds is 14. The molecule has 4 atom stereocenters. The Bertz CT molecular complexity index is 2630. The third-order valence-electron chi connectivity index (χ3n) is 13.8. The van der Waals surface area contributed by atoms with Crippen molar-refractivity contribution in [3.8, 4) is 33.6 Å². The summed E-state index contributed by atoms with van der Waals surface area (Å²) in [6.07, 6.45) is 5.76. The van der Waals surface area contributed by atoms with Crippen LogP contribution >= 0.6 is 0 Å². The van der Waals surface area contributed by atoms with Gasteiger partial charge < -0.3 is 19.8 Å². The number of aryl methyl sites for hydroxylation is 2. The molecule has 4 heterocycles. The Kier molecular flexibility index (Phi) is 12.5. The van der Waals surface area contributed by atoms with Crippen molar-refractivity contribution < 1.29 is 14.0 Å². The van der Waals surface area contributed by atoms with Gasteiger partial charge in [-0.1, -0.05) is 119 Å². The highest BCUT2D eigenvalue weighted by atomic mass is 19.1. The van der Waals surface area contributed by atoms with Crippen molar-refractivity contribution in [3.63, 3.8) is 0 Å². The van der Waals surface area contributed by atoms with Crippen LogP contribution in [0.3, 0.4) is 0 Å². The number of likely N-dealkylation sites (N-methyl/N-ethyl adjacent to an activating group) is 2. The van der Waals surface area contributed by atoms with E-state index in [1.54, 1.807) is 18.3 Å². The van der Waals surface area contributed by atoms with Gasteiger partial charge in [0.05, 0.1) is 23.6 Å². The number of H-pyrrole nitrogens is 2. The standard InChI is InChI=1S/C53H59FN8O2/c1-6-59(7-2)48(35-17-12-10-13-18-35)52(63)61-29-16-21-45(61)50-56-43-27-24-39-31-37(22-25-40(39)46(43)58-50)38-23-26-41(42(54)32-38)44-33-55-51(57-44)47-34(5)28-30-62(47)53(64)49(60(8-3)9-4)36-19-14-11-15-20-36/h10-15,17-20,22-23,25-26,31-33,45,47-49H,5-9,16,21,24,27-30H2,1-4H3,(H,55,57)(H,56,58)/t45-,47-,48+,49+/m0/s1. The second-order valence-electron chi connectivity index (χ2n) is 17.3. The summed E-state index contributed by atoms with van der Waals surface area (Å²) in [6.45, 7) is 17.0. The summed E-state index contributed by atoms with van der Waals surface area (Å²) in [5, 5.41) is 0. The summed E-state index contributed by atoms with van der Waals surface area (Å²) < 4.78 is 16.2. The minimum atomic E-state index is -0.434. The van der Waals surface area contributed by atoms with Crippen molar-refractivity contribution in [3.05, 3.63) is 155 Å². The van der Waals surface area contributed by atoms with Gasteiger partial charge in [0.15, 0.2) is 0 Å². The number of aromatic nitrogens is 4. The van der Waals surface area contributed by atoms with Gasteiger partial charge in [-0.25, -0.2) is 14.4 Å². The topological polar surface area (TPSA) is 104 Å². The molecule has 6 aromatic rings. The number of carbonyl (C=O) groups is 2. The lowest BCUT2D eigenvalue weighted by molar-refractivity contribution is -0.139. The zero-order chi connectivity index (χ0) is 44.5. The van der Waals surface area contributed by atoms with E-state index in [0.29, 0.717) is 36.6 Å². The summed E-state index contributed by atoms with van der Waals surface area (Å²) in [6, 6.07) is 30.4. The van der Waals surface area contributed by atoms with E-state index in [1.807, 2.05) is 70.5 Å². The first-order chi connectivity index (χ1) is 31.2.